The van der Waals surface area contributed by atoms with E-state index in [4.69, 9.17) is 9.85 Å². The minimum absolute atomic E-state index is 0.165. The van der Waals surface area contributed by atoms with Crippen molar-refractivity contribution in [2.75, 3.05) is 6.54 Å². The molecule has 2 nitrogen and oxygen atoms in total. The summed E-state index contributed by atoms with van der Waals surface area (Å²) in [6.07, 6.45) is 1.16. The van der Waals surface area contributed by atoms with Crippen molar-refractivity contribution in [1.82, 2.24) is 0 Å². The molecule has 56 valence electrons. The molecule has 0 rings (SSSR count). The lowest BCUT2D eigenvalue weighted by atomic mass is 10.5. The van der Waals surface area contributed by atoms with E-state index in [0.717, 1.165) is 13.0 Å². The van der Waals surface area contributed by atoms with Gasteiger partial charge < -0.3 is 9.85 Å². The predicted octanol–water partition coefficient (Wildman–Crippen LogP) is -0.163. The molecule has 0 fully saturated rings. The van der Waals surface area contributed by atoms with E-state index in [0.29, 0.717) is 0 Å². The van der Waals surface area contributed by atoms with Crippen LogP contribution in [0.25, 0.3) is 0 Å². The molecule has 0 aliphatic rings. The third-order valence-electron chi connectivity index (χ3n) is 1.05. The van der Waals surface area contributed by atoms with Gasteiger partial charge in [0.05, 0.1) is 0 Å². The maximum atomic E-state index is 5.57. The predicted molar refractivity (Wildman–Crippen MR) is 47.0 cm³/mol. The Kier molecular flexibility index (Phi) is 6.73. The highest BCUT2D eigenvalue weighted by Crippen LogP contribution is 1.88. The minimum atomic E-state index is -0.692. The highest BCUT2D eigenvalue weighted by atomic mass is 28.3. The number of nitrogens with two attached hydrogens (primary N) is 1. The first-order valence-electron chi connectivity index (χ1n) is 3.59. The smallest absolute Gasteiger partial charge is 0.156 e. The summed E-state index contributed by atoms with van der Waals surface area (Å²) in [7, 11) is -0.858. The average Bonchev–Trinajstić information content (AvgIpc) is 1.80. The molecule has 2 N–H and O–H groups in total. The molecule has 0 aromatic carbocycles. The molecule has 0 unspecified atom stereocenters. The Bertz CT molecular complexity index is 60.9. The lowest BCUT2D eigenvalue weighted by Gasteiger charge is -2.04. The fraction of sp³-hybridized carbons (Fsp3) is 1.00. The zero-order chi connectivity index (χ0) is 7.11. The summed E-state index contributed by atoms with van der Waals surface area (Å²) >= 11 is 0. The topological polar surface area (TPSA) is 35.2 Å². The van der Waals surface area contributed by atoms with Gasteiger partial charge in [-0.25, -0.2) is 0 Å². The van der Waals surface area contributed by atoms with Crippen molar-refractivity contribution >= 4 is 18.8 Å². The number of hydrogen-bond acceptors (Lipinski definition) is 2. The van der Waals surface area contributed by atoms with E-state index in [1.54, 1.807) is 0 Å². The molecule has 0 atom stereocenters. The van der Waals surface area contributed by atoms with E-state index in [2.05, 4.69) is 13.1 Å². The van der Waals surface area contributed by atoms with E-state index >= 15 is 0 Å². The van der Waals surface area contributed by atoms with Crippen molar-refractivity contribution in [3.8, 4) is 0 Å². The molecule has 0 amide bonds. The van der Waals surface area contributed by atoms with E-state index in [1.165, 1.54) is 6.04 Å². The monoisotopic (exact) mass is 163 g/mol. The van der Waals surface area contributed by atoms with Crippen molar-refractivity contribution < 1.29 is 4.12 Å². The van der Waals surface area contributed by atoms with Gasteiger partial charge in [-0.1, -0.05) is 0 Å². The molecule has 0 saturated heterocycles. The van der Waals surface area contributed by atoms with Gasteiger partial charge in [-0.3, -0.25) is 0 Å². The fourth-order valence-electron chi connectivity index (χ4n) is 0.565. The second-order valence-corrected chi connectivity index (χ2v) is 6.96. The second kappa shape index (κ2) is 6.47. The van der Waals surface area contributed by atoms with Crippen LogP contribution in [0.15, 0.2) is 0 Å². The Labute approximate surface area is 61.5 Å². The molecule has 0 bridgehead atoms. The van der Waals surface area contributed by atoms with Gasteiger partial charge >= 0.3 is 0 Å². The van der Waals surface area contributed by atoms with Gasteiger partial charge in [-0.05, 0) is 32.1 Å². The summed E-state index contributed by atoms with van der Waals surface area (Å²) in [5.41, 5.74) is 5.32. The lowest BCUT2D eigenvalue weighted by molar-refractivity contribution is 0.616. The fourth-order valence-corrected chi connectivity index (χ4v) is 3.61. The summed E-state index contributed by atoms with van der Waals surface area (Å²) in [5, 5.41) is 0. The van der Waals surface area contributed by atoms with Crippen molar-refractivity contribution in [2.24, 2.45) is 5.73 Å². The van der Waals surface area contributed by atoms with Crippen molar-refractivity contribution in [3.05, 3.63) is 0 Å². The molecule has 0 heterocycles. The van der Waals surface area contributed by atoms with Crippen LogP contribution in [0.1, 0.15) is 6.42 Å². The molecule has 0 aromatic rings. The van der Waals surface area contributed by atoms with Crippen LogP contribution in [-0.2, 0) is 4.12 Å². The molecule has 4 heteroatoms. The van der Waals surface area contributed by atoms with Crippen LogP contribution >= 0.6 is 0 Å². The second-order valence-electron chi connectivity index (χ2n) is 2.42. The van der Waals surface area contributed by atoms with Crippen LogP contribution < -0.4 is 5.73 Å². The van der Waals surface area contributed by atoms with E-state index in [9.17, 15) is 0 Å². The molecule has 0 aliphatic heterocycles. The Hall–Kier alpha value is 0.354. The zero-order valence-corrected chi connectivity index (χ0v) is 8.96. The Balaban J connectivity index is 2.75. The van der Waals surface area contributed by atoms with Crippen molar-refractivity contribution in [3.63, 3.8) is 0 Å². The number of rotatable bonds is 5. The first kappa shape index (κ1) is 9.35. The molecule has 0 aliphatic carbocycles. The Morgan fingerprint density at radius 2 is 2.22 bits per heavy atom. The summed E-state index contributed by atoms with van der Waals surface area (Å²) < 4.78 is 5.57. The molecule has 0 aromatic heterocycles. The van der Waals surface area contributed by atoms with Gasteiger partial charge in [0.2, 0.25) is 0 Å². The molecule has 9 heavy (non-hydrogen) atoms. The average molecular weight is 163 g/mol. The van der Waals surface area contributed by atoms with Gasteiger partial charge in [-0.15, -0.1) is 0 Å². The summed E-state index contributed by atoms with van der Waals surface area (Å²) in [6, 6.07) is 1.27. The SMILES string of the molecule is C[SiH](C)O[SiH2]CCCN. The van der Waals surface area contributed by atoms with E-state index in [1.807, 2.05) is 0 Å². The maximum absolute atomic E-state index is 5.57. The summed E-state index contributed by atoms with van der Waals surface area (Å²) in [4.78, 5) is 0. The van der Waals surface area contributed by atoms with Gasteiger partial charge in [0.15, 0.2) is 9.04 Å². The standard InChI is InChI=1S/C5H17NOSi2/c1-9(2)7-8-5-3-4-6/h9H,3-6,8H2,1-2H3. The lowest BCUT2D eigenvalue weighted by Crippen LogP contribution is -2.12. The van der Waals surface area contributed by atoms with E-state index in [-0.39, 0.29) is 9.76 Å². The van der Waals surface area contributed by atoms with Gasteiger partial charge in [0, 0.05) is 0 Å². The summed E-state index contributed by atoms with van der Waals surface area (Å²) in [6.45, 7) is 5.26. The Morgan fingerprint density at radius 3 is 2.67 bits per heavy atom. The summed E-state index contributed by atoms with van der Waals surface area (Å²) in [5.74, 6) is 0. The normalized spacial score (nSPS) is 12.0. The molecule has 0 radical (unpaired) electrons. The number of hydrogen-bond donors (Lipinski definition) is 1. The molecular formula is C5H17NOSi2. The van der Waals surface area contributed by atoms with Crippen molar-refractivity contribution in [1.29, 1.82) is 0 Å². The molecule has 0 saturated carbocycles. The maximum Gasteiger partial charge on any atom is 0.156 e. The zero-order valence-electron chi connectivity index (χ0n) is 6.39. The van der Waals surface area contributed by atoms with Gasteiger partial charge in [0.25, 0.3) is 0 Å². The minimum Gasteiger partial charge on any atom is -0.463 e. The van der Waals surface area contributed by atoms with Gasteiger partial charge in [0.1, 0.15) is 9.76 Å². The van der Waals surface area contributed by atoms with Crippen molar-refractivity contribution in [2.45, 2.75) is 25.6 Å². The van der Waals surface area contributed by atoms with Crippen LogP contribution in [0.5, 0.6) is 0 Å². The third kappa shape index (κ3) is 8.35. The largest absolute Gasteiger partial charge is 0.463 e. The van der Waals surface area contributed by atoms with Crippen LogP contribution in [0.4, 0.5) is 0 Å². The van der Waals surface area contributed by atoms with Crippen LogP contribution in [-0.4, -0.2) is 25.3 Å². The van der Waals surface area contributed by atoms with Crippen LogP contribution in [0, 0.1) is 0 Å². The van der Waals surface area contributed by atoms with Gasteiger partial charge in [-0.2, -0.15) is 0 Å². The van der Waals surface area contributed by atoms with Crippen LogP contribution in [0.3, 0.4) is 0 Å². The van der Waals surface area contributed by atoms with Crippen LogP contribution in [0.2, 0.25) is 19.1 Å². The highest BCUT2D eigenvalue weighted by molar-refractivity contribution is 6.56. The first-order chi connectivity index (χ1) is 4.27. The quantitative estimate of drug-likeness (QED) is 0.451. The highest BCUT2D eigenvalue weighted by Gasteiger charge is 1.93. The van der Waals surface area contributed by atoms with E-state index < -0.39 is 9.04 Å². The molecule has 0 spiro atoms. The molecular weight excluding hydrogens is 146 g/mol. The third-order valence-corrected chi connectivity index (χ3v) is 5.45. The Morgan fingerprint density at radius 1 is 1.56 bits per heavy atom. The first-order valence-corrected chi connectivity index (χ1v) is 7.95.